The first-order valence-electron chi connectivity index (χ1n) is 7.10. The Morgan fingerprint density at radius 1 is 1.43 bits per heavy atom. The zero-order valence-corrected chi connectivity index (χ0v) is 11.7. The van der Waals surface area contributed by atoms with Gasteiger partial charge < -0.3 is 4.90 Å². The van der Waals surface area contributed by atoms with Crippen molar-refractivity contribution in [3.05, 3.63) is 40.7 Å². The number of piperidine rings is 1. The number of hydrogen-bond donors (Lipinski definition) is 0. The predicted molar refractivity (Wildman–Crippen MR) is 76.5 cm³/mol. The largest absolute Gasteiger partial charge is 0.339 e. The molecule has 2 atom stereocenters. The Balaban J connectivity index is 1.85. The molecule has 2 aliphatic rings. The average Bonchev–Trinajstić information content (AvgIpc) is 3.14. The van der Waals surface area contributed by atoms with Gasteiger partial charge in [0.1, 0.15) is 0 Å². The van der Waals surface area contributed by atoms with E-state index in [9.17, 15) is 9.18 Å². The third-order valence-electron chi connectivity index (χ3n) is 4.44. The summed E-state index contributed by atoms with van der Waals surface area (Å²) >= 11 is 0. The van der Waals surface area contributed by atoms with Crippen LogP contribution >= 0.6 is 0 Å². The molecule has 5 nitrogen and oxygen atoms in total. The molecular formula is C15H15FN4O. The van der Waals surface area contributed by atoms with Gasteiger partial charge in [-0.3, -0.25) is 14.3 Å². The van der Waals surface area contributed by atoms with Crippen molar-refractivity contribution in [2.24, 2.45) is 13.0 Å². The van der Waals surface area contributed by atoms with E-state index in [1.807, 2.05) is 0 Å². The molecular weight excluding hydrogens is 271 g/mol. The first kappa shape index (κ1) is 12.5. The molecule has 0 amide bonds. The molecule has 0 spiro atoms. The molecule has 0 aromatic carbocycles. The SMILES string of the molecule is Cn1c(N2CCC3CC32)nc(-c2ccncc2F)cc1=O. The van der Waals surface area contributed by atoms with Gasteiger partial charge in [0.15, 0.2) is 5.82 Å². The van der Waals surface area contributed by atoms with Crippen LogP contribution in [0.1, 0.15) is 12.8 Å². The summed E-state index contributed by atoms with van der Waals surface area (Å²) < 4.78 is 15.4. The maximum absolute atomic E-state index is 13.9. The van der Waals surface area contributed by atoms with Crippen LogP contribution < -0.4 is 10.5 Å². The Bertz CT molecular complexity index is 773. The summed E-state index contributed by atoms with van der Waals surface area (Å²) in [4.78, 5) is 22.6. The van der Waals surface area contributed by atoms with Crippen LogP contribution in [0.15, 0.2) is 29.3 Å². The summed E-state index contributed by atoms with van der Waals surface area (Å²) in [6.07, 6.45) is 4.96. The average molecular weight is 286 g/mol. The molecule has 2 aromatic rings. The van der Waals surface area contributed by atoms with Crippen molar-refractivity contribution in [3.8, 4) is 11.3 Å². The molecule has 1 aliphatic heterocycles. The lowest BCUT2D eigenvalue weighted by molar-refractivity contribution is 0.624. The van der Waals surface area contributed by atoms with E-state index in [1.54, 1.807) is 17.7 Å². The standard InChI is InChI=1S/C15H15FN4O/c1-19-14(21)7-12(10-2-4-17-8-11(10)16)18-15(19)20-5-3-9-6-13(9)20/h2,4,7-9,13H,3,5-6H2,1H3. The fourth-order valence-electron chi connectivity index (χ4n) is 3.15. The number of rotatable bonds is 2. The first-order valence-corrected chi connectivity index (χ1v) is 7.10. The van der Waals surface area contributed by atoms with Gasteiger partial charge in [0.25, 0.3) is 5.56 Å². The van der Waals surface area contributed by atoms with Crippen LogP contribution in [0.4, 0.5) is 10.3 Å². The Morgan fingerprint density at radius 3 is 2.95 bits per heavy atom. The van der Waals surface area contributed by atoms with E-state index in [1.165, 1.54) is 18.7 Å². The van der Waals surface area contributed by atoms with Gasteiger partial charge in [-0.15, -0.1) is 0 Å². The summed E-state index contributed by atoms with van der Waals surface area (Å²) in [5.74, 6) is 0.914. The van der Waals surface area contributed by atoms with Crippen molar-refractivity contribution in [3.63, 3.8) is 0 Å². The lowest BCUT2D eigenvalue weighted by atomic mass is 10.2. The van der Waals surface area contributed by atoms with Crippen molar-refractivity contribution < 1.29 is 4.39 Å². The molecule has 4 rings (SSSR count). The summed E-state index contributed by atoms with van der Waals surface area (Å²) in [6.45, 7) is 0.915. The Kier molecular flexibility index (Phi) is 2.60. The maximum Gasteiger partial charge on any atom is 0.255 e. The van der Waals surface area contributed by atoms with Crippen molar-refractivity contribution in [1.29, 1.82) is 0 Å². The Labute approximate surface area is 121 Å². The van der Waals surface area contributed by atoms with Crippen LogP contribution in [0.5, 0.6) is 0 Å². The van der Waals surface area contributed by atoms with Gasteiger partial charge in [-0.1, -0.05) is 0 Å². The van der Waals surface area contributed by atoms with Crippen LogP contribution in [-0.4, -0.2) is 27.1 Å². The number of halogens is 1. The summed E-state index contributed by atoms with van der Waals surface area (Å²) in [5.41, 5.74) is 0.517. The van der Waals surface area contributed by atoms with E-state index in [-0.39, 0.29) is 5.56 Å². The highest BCUT2D eigenvalue weighted by Crippen LogP contribution is 2.45. The quantitative estimate of drug-likeness (QED) is 0.841. The van der Waals surface area contributed by atoms with Crippen molar-refractivity contribution in [1.82, 2.24) is 14.5 Å². The van der Waals surface area contributed by atoms with E-state index in [2.05, 4.69) is 14.9 Å². The highest BCUT2D eigenvalue weighted by atomic mass is 19.1. The highest BCUT2D eigenvalue weighted by molar-refractivity contribution is 5.60. The van der Waals surface area contributed by atoms with Gasteiger partial charge in [-0.05, 0) is 24.8 Å². The third-order valence-corrected chi connectivity index (χ3v) is 4.44. The molecule has 21 heavy (non-hydrogen) atoms. The molecule has 2 aromatic heterocycles. The second-order valence-electron chi connectivity index (χ2n) is 5.74. The summed E-state index contributed by atoms with van der Waals surface area (Å²) in [5, 5.41) is 0. The molecule has 6 heteroatoms. The zero-order valence-electron chi connectivity index (χ0n) is 11.7. The van der Waals surface area contributed by atoms with Crippen molar-refractivity contribution in [2.45, 2.75) is 18.9 Å². The van der Waals surface area contributed by atoms with Crippen LogP contribution in [0.3, 0.4) is 0 Å². The summed E-state index contributed by atoms with van der Waals surface area (Å²) in [6, 6.07) is 3.42. The van der Waals surface area contributed by atoms with Gasteiger partial charge in [-0.25, -0.2) is 9.37 Å². The van der Waals surface area contributed by atoms with Gasteiger partial charge >= 0.3 is 0 Å². The third kappa shape index (κ3) is 1.93. The van der Waals surface area contributed by atoms with E-state index < -0.39 is 5.82 Å². The van der Waals surface area contributed by atoms with Crippen LogP contribution in [-0.2, 0) is 7.05 Å². The fourth-order valence-corrected chi connectivity index (χ4v) is 3.15. The second-order valence-corrected chi connectivity index (χ2v) is 5.74. The number of nitrogens with zero attached hydrogens (tertiary/aromatic N) is 4. The molecule has 1 saturated carbocycles. The number of anilines is 1. The first-order chi connectivity index (χ1) is 10.1. The van der Waals surface area contributed by atoms with Gasteiger partial charge in [0.05, 0.1) is 11.9 Å². The molecule has 0 radical (unpaired) electrons. The van der Waals surface area contributed by atoms with Crippen LogP contribution in [0, 0.1) is 11.7 Å². The van der Waals surface area contributed by atoms with Gasteiger partial charge in [0, 0.05) is 37.5 Å². The van der Waals surface area contributed by atoms with E-state index >= 15 is 0 Å². The predicted octanol–water partition coefficient (Wildman–Crippen LogP) is 1.58. The molecule has 1 aliphatic carbocycles. The Hall–Kier alpha value is -2.24. The summed E-state index contributed by atoms with van der Waals surface area (Å²) in [7, 11) is 1.72. The van der Waals surface area contributed by atoms with Crippen molar-refractivity contribution in [2.75, 3.05) is 11.4 Å². The maximum atomic E-state index is 13.9. The van der Waals surface area contributed by atoms with Gasteiger partial charge in [-0.2, -0.15) is 0 Å². The van der Waals surface area contributed by atoms with Crippen LogP contribution in [0.25, 0.3) is 11.3 Å². The molecule has 3 heterocycles. The molecule has 2 fully saturated rings. The highest BCUT2D eigenvalue weighted by Gasteiger charge is 2.48. The van der Waals surface area contributed by atoms with E-state index in [0.717, 1.165) is 25.1 Å². The van der Waals surface area contributed by atoms with Crippen molar-refractivity contribution >= 4 is 5.95 Å². The van der Waals surface area contributed by atoms with Crippen LogP contribution in [0.2, 0.25) is 0 Å². The van der Waals surface area contributed by atoms with E-state index in [0.29, 0.717) is 23.2 Å². The number of hydrogen-bond acceptors (Lipinski definition) is 4. The molecule has 2 unspecified atom stereocenters. The minimum Gasteiger partial charge on any atom is -0.339 e. The smallest absolute Gasteiger partial charge is 0.255 e. The zero-order chi connectivity index (χ0) is 14.6. The second kappa shape index (κ2) is 4.38. The number of pyridine rings is 1. The number of aromatic nitrogens is 3. The van der Waals surface area contributed by atoms with Gasteiger partial charge in [0.2, 0.25) is 5.95 Å². The topological polar surface area (TPSA) is 51.0 Å². The van der Waals surface area contributed by atoms with E-state index in [4.69, 9.17) is 0 Å². The minimum atomic E-state index is -0.463. The molecule has 108 valence electrons. The molecule has 0 bridgehead atoms. The Morgan fingerprint density at radius 2 is 2.29 bits per heavy atom. The lowest BCUT2D eigenvalue weighted by Gasteiger charge is -2.22. The molecule has 1 saturated heterocycles. The lowest BCUT2D eigenvalue weighted by Crippen LogP contribution is -2.31. The minimum absolute atomic E-state index is 0.171. The fraction of sp³-hybridized carbons (Fsp3) is 0.400. The number of fused-ring (bicyclic) bond motifs is 1. The normalized spacial score (nSPS) is 23.2. The monoisotopic (exact) mass is 286 g/mol. The molecule has 0 N–H and O–H groups in total.